The average molecular weight is 308 g/mol. The molecule has 0 amide bonds. The van der Waals surface area contributed by atoms with Crippen LogP contribution in [-0.4, -0.2) is 17.0 Å². The van der Waals surface area contributed by atoms with E-state index in [0.29, 0.717) is 11.7 Å². The Kier molecular flexibility index (Phi) is 4.49. The highest BCUT2D eigenvalue weighted by Gasteiger charge is 2.27. The molecular weight excluding hydrogens is 284 g/mol. The molecule has 1 aliphatic rings. The van der Waals surface area contributed by atoms with Gasteiger partial charge in [-0.1, -0.05) is 61.9 Å². The summed E-state index contributed by atoms with van der Waals surface area (Å²) < 4.78 is 0. The lowest BCUT2D eigenvalue weighted by molar-refractivity contribution is 0.345. The molecule has 0 saturated carbocycles. The third-order valence-electron chi connectivity index (χ3n) is 4.39. The van der Waals surface area contributed by atoms with Crippen LogP contribution in [0.2, 0.25) is 0 Å². The van der Waals surface area contributed by atoms with Crippen molar-refractivity contribution < 1.29 is 5.11 Å². The third-order valence-corrected chi connectivity index (χ3v) is 4.39. The molecule has 0 saturated heterocycles. The summed E-state index contributed by atoms with van der Waals surface area (Å²) in [5.41, 5.74) is 4.47. The van der Waals surface area contributed by atoms with Crippen LogP contribution in [-0.2, 0) is 0 Å². The van der Waals surface area contributed by atoms with Gasteiger partial charge in [-0.2, -0.15) is 0 Å². The number of hydrogen-bond donors (Lipinski definition) is 2. The highest BCUT2D eigenvalue weighted by Crippen LogP contribution is 2.31. The Balaban J connectivity index is 1.96. The molecule has 0 fully saturated rings. The number of aromatic hydroxyl groups is 1. The van der Waals surface area contributed by atoms with Crippen LogP contribution in [0.4, 0.5) is 0 Å². The molecule has 1 aliphatic heterocycles. The summed E-state index contributed by atoms with van der Waals surface area (Å²) in [5.74, 6) is 0.738. The Bertz CT molecular complexity index is 704. The first kappa shape index (κ1) is 15.8. The second-order valence-electron chi connectivity index (χ2n) is 6.61. The fourth-order valence-corrected chi connectivity index (χ4v) is 2.98. The number of benzene rings is 2. The molecule has 120 valence electrons. The van der Waals surface area contributed by atoms with Crippen molar-refractivity contribution in [2.45, 2.75) is 39.4 Å². The molecule has 3 heteroatoms. The number of aliphatic imine (C=N–C) groups is 1. The topological polar surface area (TPSA) is 44.6 Å². The van der Waals surface area contributed by atoms with E-state index in [1.807, 2.05) is 18.2 Å². The van der Waals surface area contributed by atoms with Crippen molar-refractivity contribution in [3.8, 4) is 5.75 Å². The zero-order chi connectivity index (χ0) is 16.4. The van der Waals surface area contributed by atoms with Crippen molar-refractivity contribution in [3.63, 3.8) is 0 Å². The van der Waals surface area contributed by atoms with Gasteiger partial charge in [-0.15, -0.1) is 0 Å². The Morgan fingerprint density at radius 1 is 1.09 bits per heavy atom. The molecule has 2 N–H and O–H groups in total. The van der Waals surface area contributed by atoms with Gasteiger partial charge in [-0.25, -0.2) is 0 Å². The van der Waals surface area contributed by atoms with Crippen molar-refractivity contribution >= 4 is 5.71 Å². The highest BCUT2D eigenvalue weighted by atomic mass is 16.3. The van der Waals surface area contributed by atoms with Crippen LogP contribution in [0.15, 0.2) is 53.5 Å². The molecule has 0 spiro atoms. The van der Waals surface area contributed by atoms with Crippen LogP contribution >= 0.6 is 0 Å². The first-order valence-electron chi connectivity index (χ1n) is 8.22. The number of nitrogens with one attached hydrogen (secondary N) is 1. The van der Waals surface area contributed by atoms with Crippen LogP contribution in [0.1, 0.15) is 43.0 Å². The van der Waals surface area contributed by atoms with Crippen molar-refractivity contribution in [1.29, 1.82) is 0 Å². The number of hydrogen-bond acceptors (Lipinski definition) is 3. The van der Waals surface area contributed by atoms with Gasteiger partial charge in [0.05, 0.1) is 0 Å². The molecule has 1 heterocycles. The molecule has 2 aromatic rings. The van der Waals surface area contributed by atoms with Crippen LogP contribution in [0, 0.1) is 12.8 Å². The lowest BCUT2D eigenvalue weighted by Gasteiger charge is -2.32. The van der Waals surface area contributed by atoms with E-state index in [1.165, 1.54) is 11.1 Å². The lowest BCUT2D eigenvalue weighted by atomic mass is 9.93. The smallest absolute Gasteiger partial charge is 0.120 e. The van der Waals surface area contributed by atoms with Gasteiger partial charge < -0.3 is 5.11 Å². The van der Waals surface area contributed by atoms with Crippen LogP contribution in [0.3, 0.4) is 0 Å². The molecule has 3 rings (SSSR count). The molecule has 0 unspecified atom stereocenters. The maximum absolute atomic E-state index is 10.2. The molecular formula is C20H24N2O. The predicted molar refractivity (Wildman–Crippen MR) is 94.9 cm³/mol. The number of nitrogens with zero attached hydrogens (tertiary/aromatic N) is 1. The summed E-state index contributed by atoms with van der Waals surface area (Å²) in [4.78, 5) is 4.91. The molecule has 2 atom stereocenters. The minimum absolute atomic E-state index is 0.0599. The minimum Gasteiger partial charge on any atom is -0.508 e. The van der Waals surface area contributed by atoms with E-state index in [4.69, 9.17) is 4.99 Å². The Morgan fingerprint density at radius 2 is 1.78 bits per heavy atom. The highest BCUT2D eigenvalue weighted by molar-refractivity contribution is 6.01. The maximum atomic E-state index is 10.2. The van der Waals surface area contributed by atoms with E-state index in [9.17, 15) is 5.11 Å². The Morgan fingerprint density at radius 3 is 2.43 bits per heavy atom. The molecule has 0 radical (unpaired) electrons. The molecule has 0 aliphatic carbocycles. The van der Waals surface area contributed by atoms with Gasteiger partial charge in [0.25, 0.3) is 0 Å². The van der Waals surface area contributed by atoms with Gasteiger partial charge in [0, 0.05) is 23.7 Å². The van der Waals surface area contributed by atoms with Gasteiger partial charge in [0.1, 0.15) is 11.9 Å². The maximum Gasteiger partial charge on any atom is 0.120 e. The summed E-state index contributed by atoms with van der Waals surface area (Å²) in [6.45, 7) is 6.43. The number of para-hydroxylation sites is 1. The molecule has 0 aromatic heterocycles. The fraction of sp³-hybridized carbons (Fsp3) is 0.350. The average Bonchev–Trinajstić information content (AvgIpc) is 2.55. The fourth-order valence-electron chi connectivity index (χ4n) is 2.98. The van der Waals surface area contributed by atoms with Gasteiger partial charge >= 0.3 is 0 Å². The summed E-state index contributed by atoms with van der Waals surface area (Å²) in [6.07, 6.45) is 0.841. The SMILES string of the molecule is Cc1ccc(C2=N[C@H](C(C)C)N[C@H](c3ccccc3O)C2)cc1. The normalized spacial score (nSPS) is 21.3. The number of phenolic OH excluding ortho intramolecular Hbond substituents is 1. The predicted octanol–water partition coefficient (Wildman–Crippen LogP) is 4.21. The van der Waals surface area contributed by atoms with Crippen molar-refractivity contribution in [3.05, 3.63) is 65.2 Å². The first-order chi connectivity index (χ1) is 11.0. The largest absolute Gasteiger partial charge is 0.508 e. The molecule has 2 aromatic carbocycles. The van der Waals surface area contributed by atoms with Crippen molar-refractivity contribution in [2.24, 2.45) is 10.9 Å². The van der Waals surface area contributed by atoms with Gasteiger partial charge in [0.15, 0.2) is 0 Å². The van der Waals surface area contributed by atoms with E-state index in [2.05, 4.69) is 50.4 Å². The first-order valence-corrected chi connectivity index (χ1v) is 8.22. The van der Waals surface area contributed by atoms with Crippen LogP contribution in [0.25, 0.3) is 0 Å². The standard InChI is InChI=1S/C20H24N2O/c1-13(2)20-21-17(15-10-8-14(3)9-11-15)12-18(22-20)16-6-4-5-7-19(16)23/h4-11,13,18,20,22-23H,12H2,1-3H3/t18-,20-/m0/s1. The third kappa shape index (κ3) is 3.45. The zero-order valence-corrected chi connectivity index (χ0v) is 14.0. The Hall–Kier alpha value is -2.13. The van der Waals surface area contributed by atoms with E-state index < -0.39 is 0 Å². The molecule has 23 heavy (non-hydrogen) atoms. The van der Waals surface area contributed by atoms with E-state index in [0.717, 1.165) is 17.7 Å². The van der Waals surface area contributed by atoms with Gasteiger partial charge in [0.2, 0.25) is 0 Å². The monoisotopic (exact) mass is 308 g/mol. The lowest BCUT2D eigenvalue weighted by Crippen LogP contribution is -2.41. The number of phenols is 1. The van der Waals surface area contributed by atoms with Crippen LogP contribution in [0.5, 0.6) is 5.75 Å². The summed E-state index contributed by atoms with van der Waals surface area (Å²) >= 11 is 0. The summed E-state index contributed by atoms with van der Waals surface area (Å²) in [7, 11) is 0. The van der Waals surface area contributed by atoms with E-state index in [1.54, 1.807) is 6.07 Å². The van der Waals surface area contributed by atoms with Gasteiger partial charge in [-0.3, -0.25) is 10.3 Å². The minimum atomic E-state index is 0.0599. The molecule has 3 nitrogen and oxygen atoms in total. The van der Waals surface area contributed by atoms with Crippen LogP contribution < -0.4 is 5.32 Å². The van der Waals surface area contributed by atoms with E-state index in [-0.39, 0.29) is 12.2 Å². The summed E-state index contributed by atoms with van der Waals surface area (Å²) in [6, 6.07) is 16.2. The number of aryl methyl sites for hydroxylation is 1. The summed E-state index contributed by atoms with van der Waals surface area (Å²) in [5, 5.41) is 13.8. The van der Waals surface area contributed by atoms with Crippen molar-refractivity contribution in [2.75, 3.05) is 0 Å². The van der Waals surface area contributed by atoms with Gasteiger partial charge in [-0.05, 0) is 24.5 Å². The number of rotatable bonds is 3. The molecule has 0 bridgehead atoms. The Labute approximate surface area is 138 Å². The second-order valence-corrected chi connectivity index (χ2v) is 6.61. The zero-order valence-electron chi connectivity index (χ0n) is 14.0. The van der Waals surface area contributed by atoms with E-state index >= 15 is 0 Å². The quantitative estimate of drug-likeness (QED) is 0.892. The second kappa shape index (κ2) is 6.55. The van der Waals surface area contributed by atoms with Crippen molar-refractivity contribution in [1.82, 2.24) is 5.32 Å².